The van der Waals surface area contributed by atoms with E-state index in [1.54, 1.807) is 17.8 Å². The molecule has 2 aromatic heterocycles. The Hall–Kier alpha value is -1.97. The van der Waals surface area contributed by atoms with Crippen molar-refractivity contribution in [2.75, 3.05) is 31.6 Å². The van der Waals surface area contributed by atoms with Crippen molar-refractivity contribution in [1.29, 1.82) is 0 Å². The molecule has 1 atom stereocenters. The zero-order valence-electron chi connectivity index (χ0n) is 14.7. The van der Waals surface area contributed by atoms with Gasteiger partial charge in [0.25, 0.3) is 10.0 Å². The maximum Gasteiger partial charge on any atom is 0.262 e. The molecule has 1 unspecified atom stereocenters. The molecule has 0 radical (unpaired) electrons. The highest BCUT2D eigenvalue weighted by molar-refractivity contribution is 7.89. The molecule has 0 amide bonds. The number of pyridine rings is 1. The SMILES string of the molecule is Cn1cnc(S(=O)(=O)N2CC3(C2)OCCC3CCNc2ccccn2)c1. The first-order valence-electron chi connectivity index (χ1n) is 8.77. The number of sulfonamides is 1. The monoisotopic (exact) mass is 377 g/mol. The first-order chi connectivity index (χ1) is 12.5. The normalized spacial score (nSPS) is 22.4. The topological polar surface area (TPSA) is 89.4 Å². The molecule has 2 fully saturated rings. The number of imidazole rings is 1. The van der Waals surface area contributed by atoms with Crippen LogP contribution in [0.25, 0.3) is 0 Å². The molecule has 4 heterocycles. The highest BCUT2D eigenvalue weighted by atomic mass is 32.2. The number of rotatable bonds is 6. The summed E-state index contributed by atoms with van der Waals surface area (Å²) in [7, 11) is -1.78. The zero-order chi connectivity index (χ0) is 18.2. The average molecular weight is 377 g/mol. The molecule has 0 aromatic carbocycles. The van der Waals surface area contributed by atoms with Crippen LogP contribution in [0.4, 0.5) is 5.82 Å². The Balaban J connectivity index is 1.36. The van der Waals surface area contributed by atoms with E-state index in [-0.39, 0.29) is 10.6 Å². The van der Waals surface area contributed by atoms with E-state index in [2.05, 4.69) is 15.3 Å². The van der Waals surface area contributed by atoms with Crippen molar-refractivity contribution in [2.45, 2.75) is 23.5 Å². The molecule has 8 nitrogen and oxygen atoms in total. The fourth-order valence-electron chi connectivity index (χ4n) is 3.76. The van der Waals surface area contributed by atoms with Gasteiger partial charge in [-0.05, 0) is 30.9 Å². The van der Waals surface area contributed by atoms with Crippen LogP contribution < -0.4 is 5.32 Å². The van der Waals surface area contributed by atoms with Crippen LogP contribution in [0.2, 0.25) is 0 Å². The molecule has 2 aromatic rings. The lowest BCUT2D eigenvalue weighted by atomic mass is 9.80. The molecule has 1 N–H and O–H groups in total. The van der Waals surface area contributed by atoms with E-state index < -0.39 is 10.0 Å². The summed E-state index contributed by atoms with van der Waals surface area (Å²) in [5.41, 5.74) is -0.354. The van der Waals surface area contributed by atoms with Crippen LogP contribution in [0.3, 0.4) is 0 Å². The van der Waals surface area contributed by atoms with Gasteiger partial charge in [0.1, 0.15) is 5.82 Å². The van der Waals surface area contributed by atoms with Crippen molar-refractivity contribution in [2.24, 2.45) is 13.0 Å². The largest absolute Gasteiger partial charge is 0.372 e. The molecule has 2 aliphatic heterocycles. The lowest BCUT2D eigenvalue weighted by molar-refractivity contribution is -0.102. The van der Waals surface area contributed by atoms with Crippen molar-refractivity contribution in [1.82, 2.24) is 18.8 Å². The highest BCUT2D eigenvalue weighted by Crippen LogP contribution is 2.43. The van der Waals surface area contributed by atoms with Crippen LogP contribution in [0.1, 0.15) is 12.8 Å². The van der Waals surface area contributed by atoms with E-state index in [0.717, 1.165) is 25.2 Å². The van der Waals surface area contributed by atoms with E-state index in [1.165, 1.54) is 16.8 Å². The van der Waals surface area contributed by atoms with Gasteiger partial charge in [0.05, 0.1) is 11.9 Å². The third kappa shape index (κ3) is 3.10. The number of ether oxygens (including phenoxy) is 1. The van der Waals surface area contributed by atoms with Crippen LogP contribution in [0, 0.1) is 5.92 Å². The summed E-state index contributed by atoms with van der Waals surface area (Å²) in [6.07, 6.45) is 6.68. The average Bonchev–Trinajstić information content (AvgIpc) is 3.21. The van der Waals surface area contributed by atoms with Gasteiger partial charge in [-0.15, -0.1) is 0 Å². The van der Waals surface area contributed by atoms with E-state index in [0.29, 0.717) is 25.6 Å². The third-order valence-corrected chi connectivity index (χ3v) is 6.91. The summed E-state index contributed by atoms with van der Waals surface area (Å²) < 4.78 is 34.4. The van der Waals surface area contributed by atoms with E-state index >= 15 is 0 Å². The Morgan fingerprint density at radius 1 is 1.35 bits per heavy atom. The zero-order valence-corrected chi connectivity index (χ0v) is 15.5. The standard InChI is InChI=1S/C17H23N5O3S/c1-21-10-16(20-13-21)26(23,24)22-11-17(12-22)14(6-9-25-17)5-8-19-15-4-2-3-7-18-15/h2-4,7,10,13-14H,5-6,8-9,11-12H2,1H3,(H,18,19). The van der Waals surface area contributed by atoms with Gasteiger partial charge >= 0.3 is 0 Å². The second-order valence-electron chi connectivity index (χ2n) is 6.98. The number of hydrogen-bond acceptors (Lipinski definition) is 6. The molecule has 2 saturated heterocycles. The van der Waals surface area contributed by atoms with Crippen LogP contribution in [-0.4, -0.2) is 59.1 Å². The van der Waals surface area contributed by atoms with Gasteiger partial charge < -0.3 is 14.6 Å². The molecular weight excluding hydrogens is 354 g/mol. The fourth-order valence-corrected chi connectivity index (χ4v) is 5.28. The molecule has 1 spiro atoms. The van der Waals surface area contributed by atoms with Crippen molar-refractivity contribution in [3.8, 4) is 0 Å². The summed E-state index contributed by atoms with van der Waals surface area (Å²) in [6.45, 7) is 2.28. The molecule has 0 bridgehead atoms. The van der Waals surface area contributed by atoms with Crippen molar-refractivity contribution in [3.05, 3.63) is 36.9 Å². The summed E-state index contributed by atoms with van der Waals surface area (Å²) in [6, 6.07) is 5.77. The van der Waals surface area contributed by atoms with Gasteiger partial charge in [-0.2, -0.15) is 4.31 Å². The molecule has 26 heavy (non-hydrogen) atoms. The van der Waals surface area contributed by atoms with Gasteiger partial charge in [-0.3, -0.25) is 0 Å². The number of nitrogens with one attached hydrogen (secondary N) is 1. The summed E-state index contributed by atoms with van der Waals surface area (Å²) in [4.78, 5) is 8.24. The number of anilines is 1. The third-order valence-electron chi connectivity index (χ3n) is 5.24. The maximum atomic E-state index is 12.6. The van der Waals surface area contributed by atoms with Crippen LogP contribution in [0.5, 0.6) is 0 Å². The van der Waals surface area contributed by atoms with Crippen molar-refractivity contribution < 1.29 is 13.2 Å². The molecule has 140 valence electrons. The minimum atomic E-state index is -3.54. The molecule has 0 saturated carbocycles. The predicted molar refractivity (Wildman–Crippen MR) is 96.1 cm³/mol. The van der Waals surface area contributed by atoms with Gasteiger partial charge in [-0.1, -0.05) is 6.07 Å². The quantitative estimate of drug-likeness (QED) is 0.811. The van der Waals surface area contributed by atoms with E-state index in [1.807, 2.05) is 18.2 Å². The Bertz CT molecular complexity index is 862. The molecular formula is C17H23N5O3S. The lowest BCUT2D eigenvalue weighted by Crippen LogP contribution is -2.66. The first kappa shape index (κ1) is 17.4. The van der Waals surface area contributed by atoms with Gasteiger partial charge in [0.2, 0.25) is 0 Å². The van der Waals surface area contributed by atoms with E-state index in [4.69, 9.17) is 4.74 Å². The smallest absolute Gasteiger partial charge is 0.262 e. The maximum absolute atomic E-state index is 12.6. The van der Waals surface area contributed by atoms with E-state index in [9.17, 15) is 8.42 Å². The number of aromatic nitrogens is 3. The van der Waals surface area contributed by atoms with Crippen LogP contribution in [-0.2, 0) is 21.8 Å². The highest BCUT2D eigenvalue weighted by Gasteiger charge is 2.56. The summed E-state index contributed by atoms with van der Waals surface area (Å²) in [5.74, 6) is 1.20. The Labute approximate surface area is 153 Å². The van der Waals surface area contributed by atoms with Gasteiger partial charge in [0.15, 0.2) is 5.03 Å². The number of hydrogen-bond donors (Lipinski definition) is 1. The minimum Gasteiger partial charge on any atom is -0.372 e. The van der Waals surface area contributed by atoms with Crippen LogP contribution in [0.15, 0.2) is 41.9 Å². The number of aryl methyl sites for hydroxylation is 1. The molecule has 4 rings (SSSR count). The number of nitrogens with zero attached hydrogens (tertiary/aromatic N) is 4. The lowest BCUT2D eigenvalue weighted by Gasteiger charge is -2.49. The molecule has 0 aliphatic carbocycles. The van der Waals surface area contributed by atoms with Gasteiger partial charge in [0, 0.05) is 45.7 Å². The fraction of sp³-hybridized carbons (Fsp3) is 0.529. The second kappa shape index (κ2) is 6.64. The second-order valence-corrected chi connectivity index (χ2v) is 8.86. The van der Waals surface area contributed by atoms with Crippen LogP contribution >= 0.6 is 0 Å². The van der Waals surface area contributed by atoms with Gasteiger partial charge in [-0.25, -0.2) is 18.4 Å². The summed E-state index contributed by atoms with van der Waals surface area (Å²) >= 11 is 0. The predicted octanol–water partition coefficient (Wildman–Crippen LogP) is 1.10. The Morgan fingerprint density at radius 2 is 2.19 bits per heavy atom. The van der Waals surface area contributed by atoms with Crippen molar-refractivity contribution in [3.63, 3.8) is 0 Å². The molecule has 9 heteroatoms. The minimum absolute atomic E-state index is 0.0983. The molecule has 2 aliphatic rings. The first-order valence-corrected chi connectivity index (χ1v) is 10.2. The van der Waals surface area contributed by atoms with Crippen molar-refractivity contribution >= 4 is 15.8 Å². The Morgan fingerprint density at radius 3 is 2.88 bits per heavy atom. The Kier molecular flexibility index (Phi) is 4.45. The summed E-state index contributed by atoms with van der Waals surface area (Å²) in [5, 5.41) is 3.41.